The van der Waals surface area contributed by atoms with Gasteiger partial charge >= 0.3 is 0 Å². The van der Waals surface area contributed by atoms with Crippen LogP contribution in [-0.4, -0.2) is 43.2 Å². The third-order valence-electron chi connectivity index (χ3n) is 4.85. The molecule has 0 spiro atoms. The number of morpholine rings is 1. The first-order valence-electron chi connectivity index (χ1n) is 9.98. The minimum absolute atomic E-state index is 0. The lowest BCUT2D eigenvalue weighted by atomic mass is 10.0. The molecule has 0 radical (unpaired) electrons. The number of aliphatic imine (C=N–C) groups is 1. The summed E-state index contributed by atoms with van der Waals surface area (Å²) in [5.41, 5.74) is 8.68. The molecule has 3 N–H and O–H groups in total. The van der Waals surface area contributed by atoms with E-state index in [1.807, 2.05) is 0 Å². The molecule has 1 unspecified atom stereocenters. The maximum Gasteiger partial charge on any atom is 0.189 e. The molecule has 0 bridgehead atoms. The van der Waals surface area contributed by atoms with E-state index >= 15 is 0 Å². The molecule has 5 nitrogen and oxygen atoms in total. The zero-order valence-electron chi connectivity index (χ0n) is 17.1. The number of rotatable bonds is 9. The van der Waals surface area contributed by atoms with Crippen molar-refractivity contribution in [3.05, 3.63) is 35.4 Å². The van der Waals surface area contributed by atoms with Gasteiger partial charge in [-0.25, -0.2) is 4.99 Å². The highest BCUT2D eigenvalue weighted by molar-refractivity contribution is 14.0. The smallest absolute Gasteiger partial charge is 0.189 e. The molecule has 1 saturated heterocycles. The van der Waals surface area contributed by atoms with Crippen LogP contribution >= 0.6 is 24.0 Å². The molecule has 0 amide bonds. The van der Waals surface area contributed by atoms with Crippen LogP contribution in [-0.2, 0) is 17.8 Å². The van der Waals surface area contributed by atoms with Crippen LogP contribution in [0.25, 0.3) is 0 Å². The SMILES string of the molecule is CC(C)CCCC(C)NC(N)=NCc1ccccc1CN1CCOCC1.I. The van der Waals surface area contributed by atoms with Crippen LogP contribution in [0.4, 0.5) is 0 Å². The zero-order chi connectivity index (χ0) is 18.8. The second-order valence-corrected chi connectivity index (χ2v) is 7.73. The maximum absolute atomic E-state index is 6.10. The minimum atomic E-state index is 0. The average molecular weight is 488 g/mol. The van der Waals surface area contributed by atoms with Crippen LogP contribution in [0.2, 0.25) is 0 Å². The Balaban J connectivity index is 0.00000364. The molecule has 2 rings (SSSR count). The standard InChI is InChI=1S/C21H36N4O.HI/c1-17(2)7-6-8-18(3)24-21(22)23-15-19-9-4-5-10-20(19)16-25-11-13-26-14-12-25;/h4-5,9-10,17-18H,6-8,11-16H2,1-3H3,(H3,22,23,24);1H. The van der Waals surface area contributed by atoms with Crippen molar-refractivity contribution in [3.63, 3.8) is 0 Å². The van der Waals surface area contributed by atoms with E-state index in [4.69, 9.17) is 10.5 Å². The highest BCUT2D eigenvalue weighted by Gasteiger charge is 2.12. The second-order valence-electron chi connectivity index (χ2n) is 7.73. The molecule has 1 aromatic rings. The van der Waals surface area contributed by atoms with Crippen LogP contribution < -0.4 is 11.1 Å². The minimum Gasteiger partial charge on any atom is -0.379 e. The fourth-order valence-electron chi connectivity index (χ4n) is 3.24. The van der Waals surface area contributed by atoms with Crippen molar-refractivity contribution in [2.75, 3.05) is 26.3 Å². The summed E-state index contributed by atoms with van der Waals surface area (Å²) in [4.78, 5) is 7.01. The lowest BCUT2D eigenvalue weighted by Gasteiger charge is -2.27. The van der Waals surface area contributed by atoms with Crippen molar-refractivity contribution in [2.45, 2.75) is 59.2 Å². The van der Waals surface area contributed by atoms with Gasteiger partial charge in [0, 0.05) is 25.7 Å². The van der Waals surface area contributed by atoms with Crippen molar-refractivity contribution in [3.8, 4) is 0 Å². The Morgan fingerprint density at radius 3 is 2.48 bits per heavy atom. The van der Waals surface area contributed by atoms with E-state index < -0.39 is 0 Å². The van der Waals surface area contributed by atoms with Gasteiger partial charge in [-0.05, 0) is 30.4 Å². The van der Waals surface area contributed by atoms with Gasteiger partial charge < -0.3 is 15.8 Å². The maximum atomic E-state index is 6.10. The number of halogens is 1. The van der Waals surface area contributed by atoms with Crippen molar-refractivity contribution < 1.29 is 4.74 Å². The lowest BCUT2D eigenvalue weighted by Crippen LogP contribution is -2.38. The molecule has 0 aromatic heterocycles. The van der Waals surface area contributed by atoms with Gasteiger partial charge in [-0.3, -0.25) is 4.90 Å². The second kappa shape index (κ2) is 13.3. The number of nitrogens with two attached hydrogens (primary N) is 1. The Bertz CT molecular complexity index is 559. The summed E-state index contributed by atoms with van der Waals surface area (Å²) in [6, 6.07) is 8.88. The average Bonchev–Trinajstić information content (AvgIpc) is 2.61. The summed E-state index contributed by atoms with van der Waals surface area (Å²) in [5.74, 6) is 1.31. The Labute approximate surface area is 182 Å². The Morgan fingerprint density at radius 1 is 1.15 bits per heavy atom. The molecule has 1 aliphatic rings. The summed E-state index contributed by atoms with van der Waals surface area (Å²) in [5, 5.41) is 3.33. The summed E-state index contributed by atoms with van der Waals surface area (Å²) in [6.07, 6.45) is 3.61. The number of nitrogens with zero attached hydrogens (tertiary/aromatic N) is 2. The van der Waals surface area contributed by atoms with Crippen LogP contribution in [0, 0.1) is 5.92 Å². The van der Waals surface area contributed by atoms with E-state index in [2.05, 4.69) is 60.2 Å². The van der Waals surface area contributed by atoms with Gasteiger partial charge in [0.1, 0.15) is 0 Å². The van der Waals surface area contributed by atoms with Crippen molar-refractivity contribution in [1.29, 1.82) is 0 Å². The molecule has 1 aromatic carbocycles. The highest BCUT2D eigenvalue weighted by Crippen LogP contribution is 2.14. The number of benzene rings is 1. The third kappa shape index (κ3) is 9.76. The first-order valence-corrected chi connectivity index (χ1v) is 9.98. The van der Waals surface area contributed by atoms with Crippen molar-refractivity contribution >= 4 is 29.9 Å². The van der Waals surface area contributed by atoms with Crippen molar-refractivity contribution in [2.24, 2.45) is 16.6 Å². The monoisotopic (exact) mass is 488 g/mol. The molecule has 154 valence electrons. The van der Waals surface area contributed by atoms with Gasteiger partial charge in [0.25, 0.3) is 0 Å². The quantitative estimate of drug-likeness (QED) is 0.316. The van der Waals surface area contributed by atoms with Crippen LogP contribution in [0.3, 0.4) is 0 Å². The third-order valence-corrected chi connectivity index (χ3v) is 4.85. The summed E-state index contributed by atoms with van der Waals surface area (Å²) >= 11 is 0. The predicted octanol–water partition coefficient (Wildman–Crippen LogP) is 3.76. The Kier molecular flexibility index (Phi) is 11.9. The predicted molar refractivity (Wildman–Crippen MR) is 125 cm³/mol. The van der Waals surface area contributed by atoms with Gasteiger partial charge in [0.15, 0.2) is 5.96 Å². The van der Waals surface area contributed by atoms with E-state index in [0.29, 0.717) is 18.5 Å². The van der Waals surface area contributed by atoms with E-state index in [0.717, 1.165) is 45.2 Å². The normalized spacial score (nSPS) is 16.8. The lowest BCUT2D eigenvalue weighted by molar-refractivity contribution is 0.0341. The molecule has 0 saturated carbocycles. The Morgan fingerprint density at radius 2 is 1.81 bits per heavy atom. The van der Waals surface area contributed by atoms with Gasteiger partial charge in [-0.15, -0.1) is 24.0 Å². The number of ether oxygens (including phenoxy) is 1. The molecule has 1 fully saturated rings. The molecule has 6 heteroatoms. The molecular weight excluding hydrogens is 451 g/mol. The highest BCUT2D eigenvalue weighted by atomic mass is 127. The number of nitrogens with one attached hydrogen (secondary N) is 1. The number of hydrogen-bond donors (Lipinski definition) is 2. The first-order chi connectivity index (χ1) is 12.5. The molecular formula is C21H37IN4O. The Hall–Kier alpha value is -0.860. The molecule has 1 heterocycles. The van der Waals surface area contributed by atoms with E-state index in [1.54, 1.807) is 0 Å². The van der Waals surface area contributed by atoms with Crippen LogP contribution in [0.1, 0.15) is 51.2 Å². The largest absolute Gasteiger partial charge is 0.379 e. The van der Waals surface area contributed by atoms with Gasteiger partial charge in [0.2, 0.25) is 0 Å². The topological polar surface area (TPSA) is 62.9 Å². The van der Waals surface area contributed by atoms with E-state index in [1.165, 1.54) is 24.0 Å². The van der Waals surface area contributed by atoms with Gasteiger partial charge in [-0.1, -0.05) is 51.0 Å². The van der Waals surface area contributed by atoms with Crippen molar-refractivity contribution in [1.82, 2.24) is 10.2 Å². The number of hydrogen-bond acceptors (Lipinski definition) is 3. The summed E-state index contributed by atoms with van der Waals surface area (Å²) in [6.45, 7) is 11.9. The van der Waals surface area contributed by atoms with Gasteiger partial charge in [-0.2, -0.15) is 0 Å². The van der Waals surface area contributed by atoms with Gasteiger partial charge in [0.05, 0.1) is 19.8 Å². The summed E-state index contributed by atoms with van der Waals surface area (Å²) < 4.78 is 5.44. The zero-order valence-corrected chi connectivity index (χ0v) is 19.4. The van der Waals surface area contributed by atoms with E-state index in [9.17, 15) is 0 Å². The molecule has 1 atom stereocenters. The van der Waals surface area contributed by atoms with Crippen LogP contribution in [0.5, 0.6) is 0 Å². The first kappa shape index (κ1) is 24.2. The molecule has 1 aliphatic heterocycles. The summed E-state index contributed by atoms with van der Waals surface area (Å²) in [7, 11) is 0. The molecule has 27 heavy (non-hydrogen) atoms. The molecule has 0 aliphatic carbocycles. The fourth-order valence-corrected chi connectivity index (χ4v) is 3.24. The van der Waals surface area contributed by atoms with Crippen LogP contribution in [0.15, 0.2) is 29.3 Å². The van der Waals surface area contributed by atoms with E-state index in [-0.39, 0.29) is 24.0 Å². The number of guanidine groups is 1. The fraction of sp³-hybridized carbons (Fsp3) is 0.667.